The summed E-state index contributed by atoms with van der Waals surface area (Å²) in [6.07, 6.45) is 7.39. The number of hydrogen-bond donors (Lipinski definition) is 2. The summed E-state index contributed by atoms with van der Waals surface area (Å²) in [4.78, 5) is 0. The third-order valence-electron chi connectivity index (χ3n) is 4.28. The molecule has 0 radical (unpaired) electrons. The topological polar surface area (TPSA) is 24.1 Å². The molecule has 2 atom stereocenters. The van der Waals surface area contributed by atoms with Gasteiger partial charge in [0.05, 0.1) is 0 Å². The van der Waals surface area contributed by atoms with E-state index in [9.17, 15) is 0 Å². The highest BCUT2D eigenvalue weighted by Crippen LogP contribution is 2.59. The van der Waals surface area contributed by atoms with Crippen LogP contribution in [0.5, 0.6) is 0 Å². The standard InChI is InChI=1S/C14H29N2P/c1-10(2)13-15-16-14(11(3)4)17(13)12-8-6-5-7-9-12/h10-16H,5-9H2,1-4H3/t13-,14-/m0/s1. The van der Waals surface area contributed by atoms with Crippen LogP contribution < -0.4 is 10.9 Å². The van der Waals surface area contributed by atoms with Gasteiger partial charge in [-0.05, 0) is 30.3 Å². The average Bonchev–Trinajstić information content (AvgIpc) is 2.74. The fourth-order valence-electron chi connectivity index (χ4n) is 3.35. The third-order valence-corrected chi connectivity index (χ3v) is 8.38. The van der Waals surface area contributed by atoms with E-state index in [0.717, 1.165) is 29.1 Å². The Kier molecular flexibility index (Phi) is 4.86. The molecule has 1 aliphatic heterocycles. The third kappa shape index (κ3) is 3.03. The first-order chi connectivity index (χ1) is 8.11. The maximum Gasteiger partial charge on any atom is 0.0451 e. The lowest BCUT2D eigenvalue weighted by atomic mass is 10.0. The summed E-state index contributed by atoms with van der Waals surface area (Å²) >= 11 is 0. The van der Waals surface area contributed by atoms with Crippen molar-refractivity contribution in [3.8, 4) is 0 Å². The lowest BCUT2D eigenvalue weighted by Gasteiger charge is -2.37. The molecule has 2 fully saturated rings. The maximum atomic E-state index is 3.61. The zero-order valence-corrected chi connectivity index (χ0v) is 12.8. The molecular weight excluding hydrogens is 227 g/mol. The molecule has 0 bridgehead atoms. The van der Waals surface area contributed by atoms with E-state index >= 15 is 0 Å². The van der Waals surface area contributed by atoms with Crippen molar-refractivity contribution in [3.05, 3.63) is 0 Å². The molecule has 17 heavy (non-hydrogen) atoms. The van der Waals surface area contributed by atoms with Crippen molar-refractivity contribution in [1.82, 2.24) is 10.9 Å². The summed E-state index contributed by atoms with van der Waals surface area (Å²) in [5.41, 5.74) is 8.24. The van der Waals surface area contributed by atoms with Crippen molar-refractivity contribution in [2.24, 2.45) is 11.8 Å². The van der Waals surface area contributed by atoms with Gasteiger partial charge < -0.3 is 0 Å². The summed E-state index contributed by atoms with van der Waals surface area (Å²) in [6.45, 7) is 9.50. The molecule has 1 aliphatic carbocycles. The van der Waals surface area contributed by atoms with Crippen molar-refractivity contribution in [2.45, 2.75) is 77.0 Å². The van der Waals surface area contributed by atoms with E-state index in [1.54, 1.807) is 0 Å². The predicted octanol–water partition coefficient (Wildman–Crippen LogP) is 3.87. The highest BCUT2D eigenvalue weighted by atomic mass is 31.1. The van der Waals surface area contributed by atoms with Crippen LogP contribution in [0.2, 0.25) is 0 Å². The van der Waals surface area contributed by atoms with Crippen LogP contribution in [-0.4, -0.2) is 17.2 Å². The molecule has 0 aromatic carbocycles. The molecule has 1 saturated carbocycles. The van der Waals surface area contributed by atoms with E-state index in [-0.39, 0.29) is 7.92 Å². The maximum absolute atomic E-state index is 3.61. The second-order valence-electron chi connectivity index (χ2n) is 6.41. The molecule has 2 aliphatic rings. The van der Waals surface area contributed by atoms with Crippen molar-refractivity contribution < 1.29 is 0 Å². The van der Waals surface area contributed by atoms with Crippen molar-refractivity contribution in [3.63, 3.8) is 0 Å². The highest BCUT2D eigenvalue weighted by Gasteiger charge is 2.42. The average molecular weight is 256 g/mol. The molecule has 2 rings (SSSR count). The van der Waals surface area contributed by atoms with E-state index in [0.29, 0.717) is 0 Å². The minimum absolute atomic E-state index is 0.109. The van der Waals surface area contributed by atoms with Crippen LogP contribution in [0.4, 0.5) is 0 Å². The van der Waals surface area contributed by atoms with Gasteiger partial charge in [-0.25, -0.2) is 10.9 Å². The Balaban J connectivity index is 2.10. The monoisotopic (exact) mass is 256 g/mol. The van der Waals surface area contributed by atoms with Crippen LogP contribution in [0.15, 0.2) is 0 Å². The van der Waals surface area contributed by atoms with Gasteiger partial charge in [-0.1, -0.05) is 54.9 Å². The van der Waals surface area contributed by atoms with Crippen LogP contribution in [0.25, 0.3) is 0 Å². The van der Waals surface area contributed by atoms with Crippen molar-refractivity contribution in [2.75, 3.05) is 0 Å². The smallest absolute Gasteiger partial charge is 0.0451 e. The zero-order chi connectivity index (χ0) is 12.4. The minimum Gasteiger partial charge on any atom is -0.250 e. The van der Waals surface area contributed by atoms with E-state index in [4.69, 9.17) is 0 Å². The number of rotatable bonds is 3. The second kappa shape index (κ2) is 5.99. The first-order valence-electron chi connectivity index (χ1n) is 7.39. The summed E-state index contributed by atoms with van der Waals surface area (Å²) in [5.74, 6) is 3.00. The largest absolute Gasteiger partial charge is 0.250 e. The molecule has 1 saturated heterocycles. The Morgan fingerprint density at radius 1 is 0.824 bits per heavy atom. The van der Waals surface area contributed by atoms with Crippen LogP contribution in [0.1, 0.15) is 59.8 Å². The molecule has 0 unspecified atom stereocenters. The van der Waals surface area contributed by atoms with E-state index in [1.165, 1.54) is 32.1 Å². The molecule has 2 nitrogen and oxygen atoms in total. The first kappa shape index (κ1) is 13.8. The molecular formula is C14H29N2P. The van der Waals surface area contributed by atoms with Gasteiger partial charge in [0.25, 0.3) is 0 Å². The Bertz CT molecular complexity index is 220. The lowest BCUT2D eigenvalue weighted by Crippen LogP contribution is -2.37. The van der Waals surface area contributed by atoms with Gasteiger partial charge in [-0.15, -0.1) is 0 Å². The first-order valence-corrected chi connectivity index (χ1v) is 8.94. The molecule has 2 N–H and O–H groups in total. The number of hydrogen-bond acceptors (Lipinski definition) is 2. The fourth-order valence-corrected chi connectivity index (χ4v) is 7.39. The quantitative estimate of drug-likeness (QED) is 0.749. The van der Waals surface area contributed by atoms with Gasteiger partial charge in [-0.3, -0.25) is 0 Å². The zero-order valence-electron chi connectivity index (χ0n) is 11.9. The summed E-state index contributed by atoms with van der Waals surface area (Å²) in [5, 5.41) is 0. The molecule has 0 amide bonds. The Hall–Kier alpha value is 0.350. The molecule has 0 aromatic heterocycles. The molecule has 1 heterocycles. The molecule has 100 valence electrons. The van der Waals surface area contributed by atoms with Gasteiger partial charge in [0.1, 0.15) is 0 Å². The molecule has 3 heteroatoms. The SMILES string of the molecule is CC(C)[C@H]1NN[C@H](C(C)C)P1C1CCCCC1. The van der Waals surface area contributed by atoms with Gasteiger partial charge in [0.2, 0.25) is 0 Å². The summed E-state index contributed by atoms with van der Waals surface area (Å²) < 4.78 is 0. The normalized spacial score (nSPS) is 32.8. The highest BCUT2D eigenvalue weighted by molar-refractivity contribution is 7.60. The number of nitrogens with one attached hydrogen (secondary N) is 2. The summed E-state index contributed by atoms with van der Waals surface area (Å²) in [6, 6.07) is 0. The second-order valence-corrected chi connectivity index (χ2v) is 9.14. The fraction of sp³-hybridized carbons (Fsp3) is 1.00. The predicted molar refractivity (Wildman–Crippen MR) is 77.3 cm³/mol. The van der Waals surface area contributed by atoms with Gasteiger partial charge in [-0.2, -0.15) is 0 Å². The number of hydrazine groups is 1. The Morgan fingerprint density at radius 2 is 1.29 bits per heavy atom. The van der Waals surface area contributed by atoms with Crippen LogP contribution in [0, 0.1) is 11.8 Å². The molecule has 0 aromatic rings. The van der Waals surface area contributed by atoms with E-state index in [1.807, 2.05) is 0 Å². The minimum atomic E-state index is 0.109. The Morgan fingerprint density at radius 3 is 1.71 bits per heavy atom. The Labute approximate surface area is 108 Å². The van der Waals surface area contributed by atoms with E-state index < -0.39 is 0 Å². The van der Waals surface area contributed by atoms with Gasteiger partial charge in [0, 0.05) is 11.6 Å². The van der Waals surface area contributed by atoms with Crippen molar-refractivity contribution >= 4 is 7.92 Å². The summed E-state index contributed by atoms with van der Waals surface area (Å²) in [7, 11) is 0.109. The van der Waals surface area contributed by atoms with Crippen LogP contribution in [0.3, 0.4) is 0 Å². The lowest BCUT2D eigenvalue weighted by molar-refractivity contribution is 0.429. The van der Waals surface area contributed by atoms with Gasteiger partial charge in [0.15, 0.2) is 0 Å². The van der Waals surface area contributed by atoms with Crippen LogP contribution in [-0.2, 0) is 0 Å². The van der Waals surface area contributed by atoms with Crippen molar-refractivity contribution in [1.29, 1.82) is 0 Å². The molecule has 0 spiro atoms. The van der Waals surface area contributed by atoms with E-state index in [2.05, 4.69) is 38.5 Å². The van der Waals surface area contributed by atoms with Gasteiger partial charge >= 0.3 is 0 Å². The van der Waals surface area contributed by atoms with Crippen LogP contribution >= 0.6 is 7.92 Å².